The minimum Gasteiger partial charge on any atom is -0.390 e. The Morgan fingerprint density at radius 2 is 1.85 bits per heavy atom. The Bertz CT molecular complexity index is 842. The Hall–Kier alpha value is -2.69. The highest BCUT2D eigenvalue weighted by atomic mass is 19.1. The van der Waals surface area contributed by atoms with Gasteiger partial charge in [0.1, 0.15) is 5.82 Å². The van der Waals surface area contributed by atoms with Gasteiger partial charge in [-0.1, -0.05) is 47.1 Å². The largest absolute Gasteiger partial charge is 0.390 e. The molecule has 2 aliphatic rings. The molecular weight excluding hydrogens is 343 g/mol. The number of nitrogens with zero attached hydrogens (tertiary/aromatic N) is 2. The fourth-order valence-corrected chi connectivity index (χ4v) is 3.32. The number of carbonyl (C=O) groups is 1. The van der Waals surface area contributed by atoms with E-state index in [1.54, 1.807) is 12.1 Å². The van der Waals surface area contributed by atoms with Crippen LogP contribution >= 0.6 is 0 Å². The van der Waals surface area contributed by atoms with Gasteiger partial charge in [-0.05, 0) is 43.0 Å². The minimum absolute atomic E-state index is 0.129. The molecule has 1 aliphatic heterocycles. The highest BCUT2D eigenvalue weighted by molar-refractivity contribution is 6.01. The smallest absolute Gasteiger partial charge is 0.226 e. The lowest BCUT2D eigenvalue weighted by Crippen LogP contribution is -2.38. The number of hydrogen-bond acceptors (Lipinski definition) is 3. The molecule has 1 aliphatic carbocycles. The number of amides is 1. The third kappa shape index (κ3) is 4.35. The van der Waals surface area contributed by atoms with Crippen molar-refractivity contribution in [2.24, 2.45) is 11.1 Å². The molecule has 0 radical (unpaired) electrons. The van der Waals surface area contributed by atoms with Crippen LogP contribution in [0.2, 0.25) is 0 Å². The van der Waals surface area contributed by atoms with Gasteiger partial charge in [-0.2, -0.15) is 0 Å². The van der Waals surface area contributed by atoms with E-state index in [0.29, 0.717) is 19.5 Å². The molecule has 1 amide bonds. The number of oxime groups is 1. The molecule has 1 heterocycles. The Morgan fingerprint density at radius 1 is 1.15 bits per heavy atom. The van der Waals surface area contributed by atoms with Crippen LogP contribution in [0, 0.1) is 18.7 Å². The van der Waals surface area contributed by atoms with Crippen LogP contribution in [0.4, 0.5) is 4.39 Å². The minimum atomic E-state index is -0.269. The van der Waals surface area contributed by atoms with Crippen molar-refractivity contribution in [3.8, 4) is 0 Å². The Labute approximate surface area is 158 Å². The van der Waals surface area contributed by atoms with Crippen LogP contribution in [0.25, 0.3) is 0 Å². The molecule has 0 spiro atoms. The van der Waals surface area contributed by atoms with Gasteiger partial charge in [-0.15, -0.1) is 0 Å². The molecule has 0 N–H and O–H groups in total. The van der Waals surface area contributed by atoms with Crippen molar-refractivity contribution in [1.29, 1.82) is 0 Å². The summed E-state index contributed by atoms with van der Waals surface area (Å²) in [5, 5.41) is 4.24. The highest BCUT2D eigenvalue weighted by Crippen LogP contribution is 2.32. The van der Waals surface area contributed by atoms with Crippen molar-refractivity contribution < 1.29 is 14.0 Å². The van der Waals surface area contributed by atoms with Gasteiger partial charge in [0.15, 0.2) is 6.10 Å². The van der Waals surface area contributed by atoms with E-state index in [9.17, 15) is 9.18 Å². The molecule has 27 heavy (non-hydrogen) atoms. The zero-order chi connectivity index (χ0) is 18.8. The van der Waals surface area contributed by atoms with Crippen molar-refractivity contribution in [3.63, 3.8) is 0 Å². The third-order valence-corrected chi connectivity index (χ3v) is 5.07. The number of halogens is 1. The summed E-state index contributed by atoms with van der Waals surface area (Å²) in [6.07, 6.45) is 2.44. The van der Waals surface area contributed by atoms with Gasteiger partial charge in [0.25, 0.3) is 0 Å². The lowest BCUT2D eigenvalue weighted by molar-refractivity contribution is -0.135. The van der Waals surface area contributed by atoms with Crippen LogP contribution in [0.5, 0.6) is 0 Å². The second kappa shape index (κ2) is 7.51. The van der Waals surface area contributed by atoms with E-state index in [4.69, 9.17) is 4.84 Å². The summed E-state index contributed by atoms with van der Waals surface area (Å²) in [5.41, 5.74) is 4.10. The van der Waals surface area contributed by atoms with E-state index in [0.717, 1.165) is 29.7 Å². The van der Waals surface area contributed by atoms with Gasteiger partial charge in [0, 0.05) is 18.9 Å². The maximum absolute atomic E-state index is 13.2. The van der Waals surface area contributed by atoms with Gasteiger partial charge in [-0.3, -0.25) is 4.79 Å². The quantitative estimate of drug-likeness (QED) is 0.773. The lowest BCUT2D eigenvalue weighted by atomic mass is 10.0. The van der Waals surface area contributed by atoms with Crippen LogP contribution in [0.3, 0.4) is 0 Å². The Kier molecular flexibility index (Phi) is 4.92. The Balaban J connectivity index is 1.42. The van der Waals surface area contributed by atoms with Gasteiger partial charge in [0.05, 0.1) is 12.3 Å². The number of aryl methyl sites for hydroxylation is 1. The average molecular weight is 366 g/mol. The number of hydrogen-bond donors (Lipinski definition) is 0. The maximum atomic E-state index is 13.2. The summed E-state index contributed by atoms with van der Waals surface area (Å²) in [6.45, 7) is 3.01. The lowest BCUT2D eigenvalue weighted by Gasteiger charge is -2.25. The molecule has 2 aromatic rings. The van der Waals surface area contributed by atoms with Crippen LogP contribution < -0.4 is 0 Å². The first kappa shape index (κ1) is 17.7. The van der Waals surface area contributed by atoms with E-state index in [2.05, 4.69) is 24.2 Å². The summed E-state index contributed by atoms with van der Waals surface area (Å²) in [6, 6.07) is 14.5. The molecule has 140 valence electrons. The first-order valence-electron chi connectivity index (χ1n) is 9.41. The predicted molar refractivity (Wildman–Crippen MR) is 102 cm³/mol. The molecule has 1 saturated carbocycles. The van der Waals surface area contributed by atoms with Crippen LogP contribution in [0.15, 0.2) is 53.7 Å². The summed E-state index contributed by atoms with van der Waals surface area (Å²) < 4.78 is 13.2. The van der Waals surface area contributed by atoms with Gasteiger partial charge >= 0.3 is 0 Å². The molecule has 2 aromatic carbocycles. The van der Waals surface area contributed by atoms with Crippen LogP contribution in [-0.2, 0) is 16.2 Å². The predicted octanol–water partition coefficient (Wildman–Crippen LogP) is 4.07. The first-order chi connectivity index (χ1) is 13.1. The highest BCUT2D eigenvalue weighted by Gasteiger charge is 2.35. The van der Waals surface area contributed by atoms with Gasteiger partial charge < -0.3 is 9.74 Å². The van der Waals surface area contributed by atoms with Gasteiger partial charge in [-0.25, -0.2) is 4.39 Å². The maximum Gasteiger partial charge on any atom is 0.226 e. The van der Waals surface area contributed by atoms with Crippen molar-refractivity contribution in [2.75, 3.05) is 6.54 Å². The number of rotatable bonds is 6. The summed E-state index contributed by atoms with van der Waals surface area (Å²) in [4.78, 5) is 20.2. The molecule has 1 fully saturated rings. The molecule has 5 heteroatoms. The summed E-state index contributed by atoms with van der Waals surface area (Å²) >= 11 is 0. The zero-order valence-corrected chi connectivity index (χ0v) is 15.4. The molecule has 0 unspecified atom stereocenters. The molecule has 4 rings (SSSR count). The van der Waals surface area contributed by atoms with E-state index >= 15 is 0 Å². The molecule has 0 aromatic heterocycles. The zero-order valence-electron chi connectivity index (χ0n) is 15.4. The number of carbonyl (C=O) groups excluding carboxylic acids is 1. The normalized spacial score (nSPS) is 18.7. The fourth-order valence-electron chi connectivity index (χ4n) is 3.32. The second-order valence-electron chi connectivity index (χ2n) is 7.46. The van der Waals surface area contributed by atoms with E-state index < -0.39 is 0 Å². The Morgan fingerprint density at radius 3 is 2.52 bits per heavy atom. The van der Waals surface area contributed by atoms with Crippen molar-refractivity contribution in [3.05, 3.63) is 71.0 Å². The van der Waals surface area contributed by atoms with E-state index in [1.165, 1.54) is 17.7 Å². The topological polar surface area (TPSA) is 41.9 Å². The van der Waals surface area contributed by atoms with E-state index in [-0.39, 0.29) is 23.7 Å². The standard InChI is InChI=1S/C22H23FN2O2/c1-15-2-6-17(7-3-15)21-12-20(27-24-21)14-25(22(26)18-8-9-18)13-16-4-10-19(23)11-5-16/h2-7,10-11,18,20H,8-9,12-14H2,1H3/t20-/m1/s1. The first-order valence-corrected chi connectivity index (χ1v) is 9.41. The van der Waals surface area contributed by atoms with Gasteiger partial charge in [0.2, 0.25) is 5.91 Å². The monoisotopic (exact) mass is 366 g/mol. The number of benzene rings is 2. The average Bonchev–Trinajstić information content (AvgIpc) is 3.42. The molecular formula is C22H23FN2O2. The van der Waals surface area contributed by atoms with Crippen LogP contribution in [-0.4, -0.2) is 29.2 Å². The molecule has 0 bridgehead atoms. The van der Waals surface area contributed by atoms with E-state index in [1.807, 2.05) is 17.0 Å². The van der Waals surface area contributed by atoms with Crippen molar-refractivity contribution in [1.82, 2.24) is 4.90 Å². The SMILES string of the molecule is Cc1ccc(C2=NO[C@@H](CN(Cc3ccc(F)cc3)C(=O)C3CC3)C2)cc1. The van der Waals surface area contributed by atoms with Crippen molar-refractivity contribution in [2.45, 2.75) is 38.8 Å². The fraction of sp³-hybridized carbons (Fsp3) is 0.364. The third-order valence-electron chi connectivity index (χ3n) is 5.07. The summed E-state index contributed by atoms with van der Waals surface area (Å²) in [5.74, 6) is 0.0186. The molecule has 4 nitrogen and oxygen atoms in total. The van der Waals surface area contributed by atoms with Crippen molar-refractivity contribution >= 4 is 11.6 Å². The molecule has 0 saturated heterocycles. The second-order valence-corrected chi connectivity index (χ2v) is 7.46. The van der Waals surface area contributed by atoms with Crippen LogP contribution in [0.1, 0.15) is 36.0 Å². The molecule has 1 atom stereocenters. The summed E-state index contributed by atoms with van der Waals surface area (Å²) in [7, 11) is 0.